The zero-order chi connectivity index (χ0) is 34.4. The van der Waals surface area contributed by atoms with Crippen LogP contribution in [0.5, 0.6) is 0 Å². The Balaban J connectivity index is 0.000000474. The highest BCUT2D eigenvalue weighted by Gasteiger charge is 2.25. The third kappa shape index (κ3) is 24.9. The molecule has 0 aliphatic heterocycles. The molecular weight excluding hydrogens is 592 g/mol. The molecule has 47 heavy (non-hydrogen) atoms. The zero-order valence-corrected chi connectivity index (χ0v) is 30.6. The van der Waals surface area contributed by atoms with Crippen LogP contribution in [0.1, 0.15) is 206 Å². The first-order valence-corrected chi connectivity index (χ1v) is 20.0. The van der Waals surface area contributed by atoms with E-state index in [1.807, 2.05) is 0 Å². The standard InChI is InChI=1S/C20H37NO4.C19H37NO2/c1-2-3-11-16-18(21-20(23)24)19(22)25-17-14-12-9-7-5-4-6-8-10-13-15-17;1-2-3-11-16-18(20)19(21)22-17-14-12-9-7-5-4-6-8-10-13-15-17/h17-18,21H,2-16H2,1H3,(H,23,24);17-18H,2-16,20H2,1H3. The molecule has 2 fully saturated rings. The maximum absolute atomic E-state index is 12.5. The monoisotopic (exact) mass is 667 g/mol. The van der Waals surface area contributed by atoms with Gasteiger partial charge in [0.2, 0.25) is 0 Å². The Morgan fingerprint density at radius 3 is 1.28 bits per heavy atom. The van der Waals surface area contributed by atoms with E-state index in [1.165, 1.54) is 103 Å². The summed E-state index contributed by atoms with van der Waals surface area (Å²) in [4.78, 5) is 35.6. The average Bonchev–Trinajstić information content (AvgIpc) is 3.03. The van der Waals surface area contributed by atoms with Crippen LogP contribution >= 0.6 is 0 Å². The molecule has 2 saturated carbocycles. The van der Waals surface area contributed by atoms with Crippen LogP contribution in [0.15, 0.2) is 0 Å². The largest absolute Gasteiger partial charge is 0.465 e. The zero-order valence-electron chi connectivity index (χ0n) is 30.6. The summed E-state index contributed by atoms with van der Waals surface area (Å²) in [7, 11) is 0. The van der Waals surface area contributed by atoms with Crippen LogP contribution in [-0.4, -0.2) is 47.4 Å². The Bertz CT molecular complexity index is 755. The van der Waals surface area contributed by atoms with Crippen molar-refractivity contribution in [2.24, 2.45) is 5.73 Å². The highest BCUT2D eigenvalue weighted by molar-refractivity contribution is 5.80. The summed E-state index contributed by atoms with van der Waals surface area (Å²) >= 11 is 0. The summed E-state index contributed by atoms with van der Waals surface area (Å²) < 4.78 is 11.4. The van der Waals surface area contributed by atoms with Gasteiger partial charge in [-0.2, -0.15) is 0 Å². The SMILES string of the molecule is CCCCCC(N)C(=O)OC1CCCCCCCCCCC1.CCCCCC(NC(=O)O)C(=O)OC1CCCCCCCCCCC1. The fraction of sp³-hybridized carbons (Fsp3) is 0.923. The van der Waals surface area contributed by atoms with E-state index in [9.17, 15) is 14.4 Å². The number of esters is 2. The Kier molecular flexibility index (Phi) is 27.8. The van der Waals surface area contributed by atoms with Gasteiger partial charge >= 0.3 is 18.0 Å². The molecule has 8 heteroatoms. The molecule has 2 aliphatic rings. The second-order valence-electron chi connectivity index (χ2n) is 14.2. The highest BCUT2D eigenvalue weighted by atomic mass is 16.5. The molecule has 0 aromatic rings. The van der Waals surface area contributed by atoms with Gasteiger partial charge in [0.05, 0.1) is 0 Å². The first kappa shape index (κ1) is 43.2. The van der Waals surface area contributed by atoms with Crippen molar-refractivity contribution in [2.75, 3.05) is 0 Å². The van der Waals surface area contributed by atoms with Crippen LogP contribution in [0.25, 0.3) is 0 Å². The van der Waals surface area contributed by atoms with Crippen molar-refractivity contribution in [3.8, 4) is 0 Å². The lowest BCUT2D eigenvalue weighted by Crippen LogP contribution is -2.42. The van der Waals surface area contributed by atoms with E-state index in [1.54, 1.807) is 0 Å². The van der Waals surface area contributed by atoms with Gasteiger partial charge in [0, 0.05) is 0 Å². The van der Waals surface area contributed by atoms with Gasteiger partial charge in [-0.05, 0) is 64.2 Å². The maximum Gasteiger partial charge on any atom is 0.405 e. The van der Waals surface area contributed by atoms with E-state index >= 15 is 0 Å². The summed E-state index contributed by atoms with van der Waals surface area (Å²) in [5, 5.41) is 11.3. The normalized spacial score (nSPS) is 19.9. The predicted molar refractivity (Wildman–Crippen MR) is 193 cm³/mol. The minimum atomic E-state index is -1.16. The fourth-order valence-corrected chi connectivity index (χ4v) is 6.71. The van der Waals surface area contributed by atoms with E-state index < -0.39 is 24.1 Å². The van der Waals surface area contributed by atoms with Gasteiger partial charge < -0.3 is 25.6 Å². The van der Waals surface area contributed by atoms with Crippen LogP contribution < -0.4 is 11.1 Å². The number of ether oxygens (including phenoxy) is 2. The molecule has 4 N–H and O–H groups in total. The minimum Gasteiger partial charge on any atom is -0.465 e. The molecule has 0 heterocycles. The Hall–Kier alpha value is -1.83. The molecule has 8 nitrogen and oxygen atoms in total. The summed E-state index contributed by atoms with van der Waals surface area (Å²) in [6, 6.07) is -1.15. The van der Waals surface area contributed by atoms with Gasteiger partial charge in [0.1, 0.15) is 24.3 Å². The number of nitrogens with two attached hydrogens (primary N) is 1. The number of rotatable bonds is 13. The molecule has 0 bridgehead atoms. The first-order valence-electron chi connectivity index (χ1n) is 20.0. The molecule has 0 radical (unpaired) electrons. The topological polar surface area (TPSA) is 128 Å². The summed E-state index contributed by atoms with van der Waals surface area (Å²) in [6.45, 7) is 4.25. The molecule has 2 unspecified atom stereocenters. The number of hydrogen-bond acceptors (Lipinski definition) is 6. The van der Waals surface area contributed by atoms with E-state index in [2.05, 4.69) is 19.2 Å². The van der Waals surface area contributed by atoms with Crippen molar-refractivity contribution in [3.63, 3.8) is 0 Å². The quantitative estimate of drug-likeness (QED) is 0.132. The lowest BCUT2D eigenvalue weighted by Gasteiger charge is -2.22. The van der Waals surface area contributed by atoms with Crippen LogP contribution in [0.3, 0.4) is 0 Å². The number of carboxylic acid groups (broad SMARTS) is 1. The number of amides is 1. The van der Waals surface area contributed by atoms with Crippen LogP contribution in [0.2, 0.25) is 0 Å². The molecule has 2 atom stereocenters. The third-order valence-corrected chi connectivity index (χ3v) is 9.77. The second kappa shape index (κ2) is 30.2. The molecule has 0 aromatic heterocycles. The second-order valence-corrected chi connectivity index (χ2v) is 14.2. The van der Waals surface area contributed by atoms with Gasteiger partial charge in [0.25, 0.3) is 0 Å². The van der Waals surface area contributed by atoms with Gasteiger partial charge in [-0.25, -0.2) is 9.59 Å². The molecule has 1 amide bonds. The first-order chi connectivity index (χ1) is 22.9. The average molecular weight is 667 g/mol. The number of unbranched alkanes of at least 4 members (excludes halogenated alkanes) is 4. The van der Waals surface area contributed by atoms with Crippen molar-refractivity contribution in [1.29, 1.82) is 0 Å². The number of carbonyl (C=O) groups excluding carboxylic acids is 2. The van der Waals surface area contributed by atoms with Crippen molar-refractivity contribution in [2.45, 2.75) is 231 Å². The van der Waals surface area contributed by atoms with Crippen LogP contribution in [0, 0.1) is 0 Å². The number of carbonyl (C=O) groups is 3. The molecule has 0 spiro atoms. The van der Waals surface area contributed by atoms with Gasteiger partial charge in [-0.3, -0.25) is 4.79 Å². The van der Waals surface area contributed by atoms with E-state index in [0.717, 1.165) is 83.5 Å². The lowest BCUT2D eigenvalue weighted by atomic mass is 9.99. The van der Waals surface area contributed by atoms with E-state index in [0.29, 0.717) is 6.42 Å². The van der Waals surface area contributed by atoms with Crippen LogP contribution in [-0.2, 0) is 19.1 Å². The molecule has 2 rings (SSSR count). The van der Waals surface area contributed by atoms with Crippen molar-refractivity contribution >= 4 is 18.0 Å². The lowest BCUT2D eigenvalue weighted by molar-refractivity contribution is -0.153. The molecule has 0 aromatic carbocycles. The Labute approximate surface area is 288 Å². The van der Waals surface area contributed by atoms with Crippen molar-refractivity contribution in [3.05, 3.63) is 0 Å². The molecular formula is C39H74N2O6. The Morgan fingerprint density at radius 2 is 0.915 bits per heavy atom. The number of hydrogen-bond donors (Lipinski definition) is 3. The number of nitrogens with one attached hydrogen (secondary N) is 1. The van der Waals surface area contributed by atoms with Gasteiger partial charge in [-0.15, -0.1) is 0 Å². The fourth-order valence-electron chi connectivity index (χ4n) is 6.71. The summed E-state index contributed by atoms with van der Waals surface area (Å²) in [5.74, 6) is -0.566. The van der Waals surface area contributed by atoms with E-state index in [-0.39, 0.29) is 18.2 Å². The van der Waals surface area contributed by atoms with Gasteiger partial charge in [0.15, 0.2) is 0 Å². The van der Waals surface area contributed by atoms with E-state index in [4.69, 9.17) is 20.3 Å². The summed E-state index contributed by atoms with van der Waals surface area (Å²) in [6.07, 6.45) is 33.0. The highest BCUT2D eigenvalue weighted by Crippen LogP contribution is 2.21. The molecule has 2 aliphatic carbocycles. The predicted octanol–water partition coefficient (Wildman–Crippen LogP) is 10.5. The molecule has 0 saturated heterocycles. The van der Waals surface area contributed by atoms with Crippen molar-refractivity contribution < 1.29 is 29.0 Å². The van der Waals surface area contributed by atoms with Gasteiger partial charge in [-0.1, -0.05) is 142 Å². The minimum absolute atomic E-state index is 0.0591. The van der Waals surface area contributed by atoms with Crippen molar-refractivity contribution in [1.82, 2.24) is 5.32 Å². The summed E-state index contributed by atoms with van der Waals surface area (Å²) in [5.41, 5.74) is 5.97. The Morgan fingerprint density at radius 1 is 0.574 bits per heavy atom. The third-order valence-electron chi connectivity index (χ3n) is 9.77. The maximum atomic E-state index is 12.5. The van der Waals surface area contributed by atoms with Crippen LogP contribution in [0.4, 0.5) is 4.79 Å². The smallest absolute Gasteiger partial charge is 0.405 e. The molecule has 276 valence electrons.